The summed E-state index contributed by atoms with van der Waals surface area (Å²) in [6.45, 7) is 2.13. The van der Waals surface area contributed by atoms with Gasteiger partial charge in [0.1, 0.15) is 6.61 Å². The Morgan fingerprint density at radius 2 is 1.90 bits per heavy atom. The number of likely N-dealkylation sites (tertiary alicyclic amines) is 2. The summed E-state index contributed by atoms with van der Waals surface area (Å²) in [7, 11) is 0. The standard InChI is InChI=1S/C19H22F3N3O4/c20-19(21,22)13-3-1-12(2-4-13)10-28-14-7-25(8-14)18(27)24-6-5-16-15(9-24)23-17(26)11-29-16/h1-4,14-16H,5-11H2,(H,23,26)/t15-,16+/m1/s1. The number of piperidine rings is 1. The molecule has 10 heteroatoms. The molecule has 0 spiro atoms. The first-order chi connectivity index (χ1) is 13.8. The van der Waals surface area contributed by atoms with E-state index in [-0.39, 0.29) is 43.4 Å². The van der Waals surface area contributed by atoms with Crippen LogP contribution in [-0.4, -0.2) is 72.8 Å². The maximum atomic E-state index is 12.6. The maximum absolute atomic E-state index is 12.6. The van der Waals surface area contributed by atoms with Gasteiger partial charge in [0.15, 0.2) is 0 Å². The van der Waals surface area contributed by atoms with E-state index in [0.717, 1.165) is 12.1 Å². The molecule has 0 radical (unpaired) electrons. The van der Waals surface area contributed by atoms with Gasteiger partial charge in [-0.2, -0.15) is 13.2 Å². The molecule has 3 fully saturated rings. The third kappa shape index (κ3) is 4.48. The van der Waals surface area contributed by atoms with E-state index in [2.05, 4.69) is 5.32 Å². The van der Waals surface area contributed by atoms with Crippen LogP contribution in [0.1, 0.15) is 17.5 Å². The topological polar surface area (TPSA) is 71.1 Å². The second kappa shape index (κ2) is 7.83. The largest absolute Gasteiger partial charge is 0.416 e. The first-order valence-corrected chi connectivity index (χ1v) is 9.52. The van der Waals surface area contributed by atoms with Crippen molar-refractivity contribution in [3.8, 4) is 0 Å². The number of nitrogens with one attached hydrogen (secondary N) is 1. The number of urea groups is 1. The van der Waals surface area contributed by atoms with Crippen LogP contribution in [0.3, 0.4) is 0 Å². The number of benzene rings is 1. The van der Waals surface area contributed by atoms with Crippen LogP contribution in [0.2, 0.25) is 0 Å². The summed E-state index contributed by atoms with van der Waals surface area (Å²) in [5, 5.41) is 2.87. The fraction of sp³-hybridized carbons (Fsp3) is 0.579. The SMILES string of the molecule is O=C1CO[C@H]2CCN(C(=O)N3CC(OCc4ccc(C(F)(F)F)cc4)C3)C[C@H]2N1. The number of alkyl halides is 3. The van der Waals surface area contributed by atoms with Crippen molar-refractivity contribution in [2.75, 3.05) is 32.8 Å². The molecule has 3 amide bonds. The molecular formula is C19H22F3N3O4. The molecule has 158 valence electrons. The number of nitrogens with zero attached hydrogens (tertiary/aromatic N) is 2. The van der Waals surface area contributed by atoms with Crippen LogP contribution < -0.4 is 5.32 Å². The monoisotopic (exact) mass is 413 g/mol. The summed E-state index contributed by atoms with van der Waals surface area (Å²) in [4.78, 5) is 27.5. The predicted octanol–water partition coefficient (Wildman–Crippen LogP) is 1.62. The van der Waals surface area contributed by atoms with Gasteiger partial charge >= 0.3 is 12.2 Å². The van der Waals surface area contributed by atoms with Crippen LogP contribution in [0.15, 0.2) is 24.3 Å². The predicted molar refractivity (Wildman–Crippen MR) is 94.9 cm³/mol. The Kier molecular flexibility index (Phi) is 5.39. The van der Waals surface area contributed by atoms with Gasteiger partial charge < -0.3 is 24.6 Å². The Bertz CT molecular complexity index is 765. The molecule has 4 rings (SSSR count). The number of ether oxygens (including phenoxy) is 2. The number of rotatable bonds is 3. The summed E-state index contributed by atoms with van der Waals surface area (Å²) in [6, 6.07) is 4.59. The highest BCUT2D eigenvalue weighted by Crippen LogP contribution is 2.29. The number of hydrogen-bond acceptors (Lipinski definition) is 4. The fourth-order valence-electron chi connectivity index (χ4n) is 3.78. The minimum Gasteiger partial charge on any atom is -0.370 e. The number of fused-ring (bicyclic) bond motifs is 1. The average molecular weight is 413 g/mol. The Morgan fingerprint density at radius 1 is 1.17 bits per heavy atom. The average Bonchev–Trinajstić information content (AvgIpc) is 2.65. The molecule has 3 aliphatic heterocycles. The van der Waals surface area contributed by atoms with Crippen molar-refractivity contribution in [1.82, 2.24) is 15.1 Å². The zero-order valence-corrected chi connectivity index (χ0v) is 15.7. The number of carbonyl (C=O) groups is 2. The number of morpholine rings is 1. The second-order valence-electron chi connectivity index (χ2n) is 7.57. The van der Waals surface area contributed by atoms with Gasteiger partial charge in [0.2, 0.25) is 5.91 Å². The van der Waals surface area contributed by atoms with Gasteiger partial charge in [-0.1, -0.05) is 12.1 Å². The molecule has 0 aromatic heterocycles. The molecule has 29 heavy (non-hydrogen) atoms. The highest BCUT2D eigenvalue weighted by Gasteiger charge is 2.40. The van der Waals surface area contributed by atoms with Crippen LogP contribution in [0, 0.1) is 0 Å². The maximum Gasteiger partial charge on any atom is 0.416 e. The molecule has 3 aliphatic rings. The molecule has 1 N–H and O–H groups in total. The molecule has 1 aromatic rings. The normalized spacial score (nSPS) is 25.3. The molecule has 0 bridgehead atoms. The molecule has 7 nitrogen and oxygen atoms in total. The Hall–Kier alpha value is -2.33. The number of halogens is 3. The van der Waals surface area contributed by atoms with Crippen molar-refractivity contribution in [3.05, 3.63) is 35.4 Å². The minimum atomic E-state index is -4.35. The van der Waals surface area contributed by atoms with E-state index in [1.165, 1.54) is 12.1 Å². The van der Waals surface area contributed by atoms with Crippen LogP contribution in [-0.2, 0) is 27.1 Å². The van der Waals surface area contributed by atoms with Crippen LogP contribution in [0.4, 0.5) is 18.0 Å². The van der Waals surface area contributed by atoms with E-state index in [1.807, 2.05) is 0 Å². The molecule has 2 atom stereocenters. The molecule has 1 aromatic carbocycles. The molecule has 0 unspecified atom stereocenters. The van der Waals surface area contributed by atoms with Gasteiger partial charge in [0.05, 0.1) is 43.5 Å². The van der Waals surface area contributed by atoms with Crippen molar-refractivity contribution in [1.29, 1.82) is 0 Å². The summed E-state index contributed by atoms with van der Waals surface area (Å²) < 4.78 is 48.9. The van der Waals surface area contributed by atoms with E-state index in [9.17, 15) is 22.8 Å². The lowest BCUT2D eigenvalue weighted by molar-refractivity contribution is -0.140. The van der Waals surface area contributed by atoms with Crippen molar-refractivity contribution < 1.29 is 32.2 Å². The minimum absolute atomic E-state index is 0.0482. The van der Waals surface area contributed by atoms with E-state index in [4.69, 9.17) is 9.47 Å². The van der Waals surface area contributed by atoms with Gasteiger partial charge in [-0.3, -0.25) is 4.79 Å². The lowest BCUT2D eigenvalue weighted by Gasteiger charge is -2.45. The number of hydrogen-bond donors (Lipinski definition) is 1. The van der Waals surface area contributed by atoms with Gasteiger partial charge in [-0.25, -0.2) is 4.79 Å². The number of amides is 3. The van der Waals surface area contributed by atoms with Gasteiger partial charge in [0, 0.05) is 13.1 Å². The molecule has 3 saturated heterocycles. The van der Waals surface area contributed by atoms with Crippen molar-refractivity contribution in [2.45, 2.75) is 37.5 Å². The van der Waals surface area contributed by atoms with E-state index >= 15 is 0 Å². The summed E-state index contributed by atoms with van der Waals surface area (Å²) in [5.41, 5.74) is -0.0390. The second-order valence-corrected chi connectivity index (χ2v) is 7.57. The van der Waals surface area contributed by atoms with E-state index in [0.29, 0.717) is 38.2 Å². The van der Waals surface area contributed by atoms with Crippen molar-refractivity contribution >= 4 is 11.9 Å². The third-order valence-electron chi connectivity index (χ3n) is 5.48. The van der Waals surface area contributed by atoms with Gasteiger partial charge in [-0.05, 0) is 24.1 Å². The summed E-state index contributed by atoms with van der Waals surface area (Å²) in [5.74, 6) is -0.166. The highest BCUT2D eigenvalue weighted by atomic mass is 19.4. The van der Waals surface area contributed by atoms with Crippen LogP contribution in [0.25, 0.3) is 0 Å². The quantitative estimate of drug-likeness (QED) is 0.818. The summed E-state index contributed by atoms with van der Waals surface area (Å²) in [6.07, 6.45) is -3.86. The molecule has 0 aliphatic carbocycles. The summed E-state index contributed by atoms with van der Waals surface area (Å²) >= 11 is 0. The third-order valence-corrected chi connectivity index (χ3v) is 5.48. The van der Waals surface area contributed by atoms with E-state index in [1.54, 1.807) is 9.80 Å². The Morgan fingerprint density at radius 3 is 2.59 bits per heavy atom. The highest BCUT2D eigenvalue weighted by molar-refractivity contribution is 5.79. The fourth-order valence-corrected chi connectivity index (χ4v) is 3.78. The molecule has 0 saturated carbocycles. The molecule has 3 heterocycles. The lowest BCUT2D eigenvalue weighted by Crippen LogP contribution is -2.65. The van der Waals surface area contributed by atoms with Crippen molar-refractivity contribution in [2.24, 2.45) is 0 Å². The number of carbonyl (C=O) groups excluding carboxylic acids is 2. The zero-order chi connectivity index (χ0) is 20.6. The van der Waals surface area contributed by atoms with E-state index < -0.39 is 11.7 Å². The Labute approximate surface area is 165 Å². The first kappa shape index (κ1) is 20.0. The van der Waals surface area contributed by atoms with Crippen molar-refractivity contribution in [3.63, 3.8) is 0 Å². The lowest BCUT2D eigenvalue weighted by atomic mass is 10.0. The van der Waals surface area contributed by atoms with Gasteiger partial charge in [-0.15, -0.1) is 0 Å². The molecular weight excluding hydrogens is 391 g/mol. The van der Waals surface area contributed by atoms with Crippen LogP contribution >= 0.6 is 0 Å². The smallest absolute Gasteiger partial charge is 0.370 e. The zero-order valence-electron chi connectivity index (χ0n) is 15.7. The first-order valence-electron chi connectivity index (χ1n) is 9.52. The van der Waals surface area contributed by atoms with Crippen LogP contribution in [0.5, 0.6) is 0 Å². The Balaban J connectivity index is 1.21. The van der Waals surface area contributed by atoms with Gasteiger partial charge in [0.25, 0.3) is 0 Å².